The second kappa shape index (κ2) is 5.27. The maximum atomic E-state index is 4.48. The van der Waals surface area contributed by atoms with Crippen molar-refractivity contribution < 1.29 is 0 Å². The normalized spacial score (nSPS) is 20.4. The molecule has 1 aliphatic heterocycles. The molecule has 2 rings (SSSR count). The summed E-state index contributed by atoms with van der Waals surface area (Å²) in [5, 5.41) is 3.68. The van der Waals surface area contributed by atoms with Crippen molar-refractivity contribution in [2.24, 2.45) is 0 Å². The Bertz CT molecular complexity index is 378. The van der Waals surface area contributed by atoms with Crippen molar-refractivity contribution in [2.45, 2.75) is 52.1 Å². The number of hydrogen-bond donors (Lipinski definition) is 1. The molecule has 0 bridgehead atoms. The summed E-state index contributed by atoms with van der Waals surface area (Å²) in [6.07, 6.45) is 4.24. The minimum Gasteiger partial charge on any atom is -0.369 e. The van der Waals surface area contributed by atoms with Crippen LogP contribution in [0, 0.1) is 0 Å². The molecule has 1 aliphatic rings. The van der Waals surface area contributed by atoms with Crippen LogP contribution in [0.5, 0.6) is 0 Å². The fourth-order valence-electron chi connectivity index (χ4n) is 2.54. The zero-order valence-corrected chi connectivity index (χ0v) is 12.0. The van der Waals surface area contributed by atoms with E-state index in [-0.39, 0.29) is 5.54 Å². The molecule has 1 aromatic rings. The number of anilines is 1. The third-order valence-electron chi connectivity index (χ3n) is 3.36. The van der Waals surface area contributed by atoms with Crippen molar-refractivity contribution >= 4 is 5.69 Å². The van der Waals surface area contributed by atoms with E-state index in [0.29, 0.717) is 6.04 Å². The van der Waals surface area contributed by atoms with E-state index in [1.807, 2.05) is 6.20 Å². The van der Waals surface area contributed by atoms with Gasteiger partial charge >= 0.3 is 0 Å². The second-order valence-electron chi connectivity index (χ2n) is 6.19. The van der Waals surface area contributed by atoms with E-state index in [9.17, 15) is 0 Å². The topological polar surface area (TPSA) is 28.2 Å². The van der Waals surface area contributed by atoms with Crippen molar-refractivity contribution in [1.29, 1.82) is 0 Å². The zero-order valence-electron chi connectivity index (χ0n) is 12.0. The van der Waals surface area contributed by atoms with Gasteiger partial charge < -0.3 is 10.2 Å². The van der Waals surface area contributed by atoms with Gasteiger partial charge in [0.25, 0.3) is 0 Å². The number of nitrogens with zero attached hydrogens (tertiary/aromatic N) is 2. The Labute approximate surface area is 111 Å². The third-order valence-corrected chi connectivity index (χ3v) is 3.36. The Hall–Kier alpha value is -1.09. The van der Waals surface area contributed by atoms with Crippen molar-refractivity contribution in [2.75, 3.05) is 18.0 Å². The van der Waals surface area contributed by atoms with Gasteiger partial charge in [-0.05, 0) is 45.7 Å². The highest BCUT2D eigenvalue weighted by Crippen LogP contribution is 2.21. The van der Waals surface area contributed by atoms with E-state index >= 15 is 0 Å². The monoisotopic (exact) mass is 247 g/mol. The lowest BCUT2D eigenvalue weighted by Crippen LogP contribution is -2.44. The van der Waals surface area contributed by atoms with Gasteiger partial charge in [0.05, 0.1) is 11.9 Å². The number of nitrogens with one attached hydrogen (secondary N) is 1. The van der Waals surface area contributed by atoms with Crippen molar-refractivity contribution in [3.8, 4) is 0 Å². The molecule has 0 aliphatic carbocycles. The Morgan fingerprint density at radius 1 is 1.39 bits per heavy atom. The highest BCUT2D eigenvalue weighted by atomic mass is 15.2. The second-order valence-corrected chi connectivity index (χ2v) is 6.19. The molecule has 0 radical (unpaired) electrons. The van der Waals surface area contributed by atoms with Gasteiger partial charge in [-0.2, -0.15) is 0 Å². The predicted octanol–water partition coefficient (Wildman–Crippen LogP) is 2.61. The molecule has 2 heterocycles. The van der Waals surface area contributed by atoms with Gasteiger partial charge in [0.1, 0.15) is 0 Å². The first-order chi connectivity index (χ1) is 8.48. The van der Waals surface area contributed by atoms with E-state index < -0.39 is 0 Å². The smallest absolute Gasteiger partial charge is 0.0553 e. The molecule has 0 aromatic carbocycles. The standard InChI is InChI=1S/C15H25N3/c1-5-12-6-7-14(10-16-12)18-9-8-13(11-18)17-15(2,3)4/h6-7,10,13,17H,5,8-9,11H2,1-4H3/t13-/m1/s1. The first-order valence-corrected chi connectivity index (χ1v) is 6.95. The fraction of sp³-hybridized carbons (Fsp3) is 0.667. The molecule has 1 atom stereocenters. The van der Waals surface area contributed by atoms with Gasteiger partial charge in [-0.25, -0.2) is 0 Å². The lowest BCUT2D eigenvalue weighted by Gasteiger charge is -2.26. The molecule has 1 saturated heterocycles. The maximum Gasteiger partial charge on any atom is 0.0553 e. The summed E-state index contributed by atoms with van der Waals surface area (Å²) in [5.74, 6) is 0. The van der Waals surface area contributed by atoms with E-state index in [0.717, 1.165) is 19.5 Å². The molecule has 100 valence electrons. The summed E-state index contributed by atoms with van der Waals surface area (Å²) in [6.45, 7) is 11.0. The average Bonchev–Trinajstić information content (AvgIpc) is 2.75. The molecular weight excluding hydrogens is 222 g/mol. The van der Waals surface area contributed by atoms with E-state index in [1.54, 1.807) is 0 Å². The highest BCUT2D eigenvalue weighted by molar-refractivity contribution is 5.46. The Balaban J connectivity index is 1.95. The summed E-state index contributed by atoms with van der Waals surface area (Å²) in [7, 11) is 0. The molecule has 0 unspecified atom stereocenters. The summed E-state index contributed by atoms with van der Waals surface area (Å²) >= 11 is 0. The number of rotatable bonds is 3. The van der Waals surface area contributed by atoms with Crippen LogP contribution >= 0.6 is 0 Å². The molecule has 18 heavy (non-hydrogen) atoms. The minimum atomic E-state index is 0.199. The van der Waals surface area contributed by atoms with Crippen molar-refractivity contribution in [3.05, 3.63) is 24.0 Å². The van der Waals surface area contributed by atoms with Crippen LogP contribution in [-0.4, -0.2) is 29.7 Å². The average molecular weight is 247 g/mol. The summed E-state index contributed by atoms with van der Waals surface area (Å²) in [4.78, 5) is 6.91. The Kier molecular flexibility index (Phi) is 3.91. The molecule has 1 fully saturated rings. The first-order valence-electron chi connectivity index (χ1n) is 6.95. The molecular formula is C15H25N3. The molecule has 3 nitrogen and oxygen atoms in total. The van der Waals surface area contributed by atoms with Crippen LogP contribution in [0.25, 0.3) is 0 Å². The van der Waals surface area contributed by atoms with Crippen LogP contribution in [0.2, 0.25) is 0 Å². The van der Waals surface area contributed by atoms with Crippen molar-refractivity contribution in [1.82, 2.24) is 10.3 Å². The summed E-state index contributed by atoms with van der Waals surface area (Å²) in [5.41, 5.74) is 2.62. The molecule has 0 amide bonds. The summed E-state index contributed by atoms with van der Waals surface area (Å²) < 4.78 is 0. The molecule has 1 aromatic heterocycles. The lowest BCUT2D eigenvalue weighted by molar-refractivity contribution is 0.373. The van der Waals surface area contributed by atoms with E-state index in [2.05, 4.69) is 55.0 Å². The van der Waals surface area contributed by atoms with Crippen LogP contribution in [0.15, 0.2) is 18.3 Å². The van der Waals surface area contributed by atoms with Crippen molar-refractivity contribution in [3.63, 3.8) is 0 Å². The van der Waals surface area contributed by atoms with Crippen LogP contribution in [-0.2, 0) is 6.42 Å². The van der Waals surface area contributed by atoms with Gasteiger partial charge in [0.15, 0.2) is 0 Å². The number of aromatic nitrogens is 1. The van der Waals surface area contributed by atoms with Crippen LogP contribution < -0.4 is 10.2 Å². The van der Waals surface area contributed by atoms with Gasteiger partial charge in [0.2, 0.25) is 0 Å². The van der Waals surface area contributed by atoms with Gasteiger partial charge in [-0.15, -0.1) is 0 Å². The largest absolute Gasteiger partial charge is 0.369 e. The van der Waals surface area contributed by atoms with Crippen LogP contribution in [0.4, 0.5) is 5.69 Å². The molecule has 0 saturated carbocycles. The lowest BCUT2D eigenvalue weighted by atomic mass is 10.1. The first kappa shape index (κ1) is 13.3. The minimum absolute atomic E-state index is 0.199. The number of hydrogen-bond acceptors (Lipinski definition) is 3. The van der Waals surface area contributed by atoms with Crippen LogP contribution in [0.3, 0.4) is 0 Å². The summed E-state index contributed by atoms with van der Waals surface area (Å²) in [6, 6.07) is 4.93. The SMILES string of the molecule is CCc1ccc(N2CC[C@@H](NC(C)(C)C)C2)cn1. The zero-order chi connectivity index (χ0) is 13.2. The predicted molar refractivity (Wildman–Crippen MR) is 77.1 cm³/mol. The molecule has 3 heteroatoms. The quantitative estimate of drug-likeness (QED) is 0.890. The highest BCUT2D eigenvalue weighted by Gasteiger charge is 2.25. The van der Waals surface area contributed by atoms with E-state index in [1.165, 1.54) is 17.8 Å². The molecule has 1 N–H and O–H groups in total. The van der Waals surface area contributed by atoms with Gasteiger partial charge in [-0.1, -0.05) is 6.92 Å². The number of pyridine rings is 1. The van der Waals surface area contributed by atoms with Gasteiger partial charge in [-0.3, -0.25) is 4.98 Å². The number of aryl methyl sites for hydroxylation is 1. The van der Waals surface area contributed by atoms with E-state index in [4.69, 9.17) is 0 Å². The third kappa shape index (κ3) is 3.45. The molecule has 0 spiro atoms. The fourth-order valence-corrected chi connectivity index (χ4v) is 2.54. The van der Waals surface area contributed by atoms with Crippen LogP contribution in [0.1, 0.15) is 39.8 Å². The Morgan fingerprint density at radius 2 is 2.17 bits per heavy atom. The Morgan fingerprint density at radius 3 is 2.72 bits per heavy atom. The maximum absolute atomic E-state index is 4.48. The van der Waals surface area contributed by atoms with Gasteiger partial charge in [0, 0.05) is 30.4 Å².